The van der Waals surface area contributed by atoms with Crippen molar-refractivity contribution in [1.82, 2.24) is 9.55 Å². The highest BCUT2D eigenvalue weighted by atomic mass is 16.6. The van der Waals surface area contributed by atoms with Gasteiger partial charge in [0.1, 0.15) is 17.8 Å². The zero-order valence-corrected chi connectivity index (χ0v) is 19.9. The number of hydrogen-bond donors (Lipinski definition) is 1. The molecule has 0 saturated carbocycles. The van der Waals surface area contributed by atoms with Crippen LogP contribution in [0.25, 0.3) is 0 Å². The Labute approximate surface area is 203 Å². The molecule has 3 aromatic rings. The lowest BCUT2D eigenvalue weighted by molar-refractivity contribution is -0.130. The first-order chi connectivity index (χ1) is 17.0. The zero-order valence-electron chi connectivity index (χ0n) is 19.9. The molecule has 0 spiro atoms. The van der Waals surface area contributed by atoms with Crippen LogP contribution in [0.4, 0.5) is 0 Å². The number of H-pyrrole nitrogens is 1. The Hall–Kier alpha value is -3.30. The predicted octanol–water partition coefficient (Wildman–Crippen LogP) is 3.12. The number of nitrogens with one attached hydrogen (secondary N) is 1. The van der Waals surface area contributed by atoms with Crippen molar-refractivity contribution >= 4 is 0 Å². The van der Waals surface area contributed by atoms with E-state index in [0.29, 0.717) is 18.8 Å². The van der Waals surface area contributed by atoms with E-state index < -0.39 is 35.3 Å². The summed E-state index contributed by atoms with van der Waals surface area (Å²) in [6.07, 6.45) is 0.909. The highest BCUT2D eigenvalue weighted by molar-refractivity contribution is 5.17. The molecule has 8 nitrogen and oxygen atoms in total. The molecule has 0 radical (unpaired) electrons. The van der Waals surface area contributed by atoms with Crippen LogP contribution in [0.2, 0.25) is 0 Å². The van der Waals surface area contributed by atoms with Gasteiger partial charge in [-0.05, 0) is 18.1 Å². The Balaban J connectivity index is 1.65. The van der Waals surface area contributed by atoms with E-state index in [1.165, 1.54) is 17.9 Å². The average molecular weight is 479 g/mol. The Kier molecular flexibility index (Phi) is 7.77. The summed E-state index contributed by atoms with van der Waals surface area (Å²) in [5, 5.41) is 0. The van der Waals surface area contributed by atoms with Crippen LogP contribution in [0.3, 0.4) is 0 Å². The molecular formula is C27H30N2O6. The first-order valence-electron chi connectivity index (χ1n) is 11.4. The lowest BCUT2D eigenvalue weighted by atomic mass is 9.95. The molecular weight excluding hydrogens is 448 g/mol. The lowest BCUT2D eigenvalue weighted by Crippen LogP contribution is -2.47. The molecule has 184 valence electrons. The third-order valence-corrected chi connectivity index (χ3v) is 6.15. The van der Waals surface area contributed by atoms with Crippen LogP contribution in [-0.2, 0) is 32.2 Å². The van der Waals surface area contributed by atoms with Crippen LogP contribution in [0, 0.1) is 6.92 Å². The molecule has 1 aliphatic rings. The zero-order chi connectivity index (χ0) is 24.8. The van der Waals surface area contributed by atoms with E-state index in [2.05, 4.69) is 11.6 Å². The standard InChI is InChI=1S/C27H30N2O6/c1-4-27(18-33-16-20-11-7-5-8-12-20)23(34-17-21-13-9-6-10-14-21)22(32-3)25(35-27)29-15-19(2)24(30)28-26(29)31/h4-15,22-23,25H,1,16-18H2,2-3H3,(H,28,30,31)/t22?,23?,25-,27-/m1/s1. The van der Waals surface area contributed by atoms with Crippen LogP contribution in [-0.4, -0.2) is 41.1 Å². The molecule has 0 bridgehead atoms. The first-order valence-corrected chi connectivity index (χ1v) is 11.4. The van der Waals surface area contributed by atoms with Crippen molar-refractivity contribution in [3.63, 3.8) is 0 Å². The van der Waals surface area contributed by atoms with E-state index in [1.807, 2.05) is 60.7 Å². The number of aryl methyl sites for hydroxylation is 1. The molecule has 0 amide bonds. The van der Waals surface area contributed by atoms with Gasteiger partial charge < -0.3 is 18.9 Å². The second-order valence-electron chi connectivity index (χ2n) is 8.54. The van der Waals surface area contributed by atoms with Gasteiger partial charge in [-0.15, -0.1) is 6.58 Å². The van der Waals surface area contributed by atoms with Crippen LogP contribution in [0.5, 0.6) is 0 Å². The number of ether oxygens (including phenoxy) is 4. The predicted molar refractivity (Wildman–Crippen MR) is 131 cm³/mol. The van der Waals surface area contributed by atoms with E-state index in [-0.39, 0.29) is 6.61 Å². The van der Waals surface area contributed by atoms with Crippen molar-refractivity contribution in [1.29, 1.82) is 0 Å². The smallest absolute Gasteiger partial charge is 0.330 e. The molecule has 1 fully saturated rings. The molecule has 1 N–H and O–H groups in total. The molecule has 4 rings (SSSR count). The third kappa shape index (κ3) is 5.36. The number of aromatic amines is 1. The van der Waals surface area contributed by atoms with Crippen molar-refractivity contribution < 1.29 is 18.9 Å². The number of benzene rings is 2. The Morgan fingerprint density at radius 3 is 2.29 bits per heavy atom. The fourth-order valence-electron chi connectivity index (χ4n) is 4.25. The van der Waals surface area contributed by atoms with Crippen LogP contribution >= 0.6 is 0 Å². The Morgan fingerprint density at radius 2 is 1.69 bits per heavy atom. The van der Waals surface area contributed by atoms with E-state index in [0.717, 1.165) is 11.1 Å². The molecule has 4 atom stereocenters. The van der Waals surface area contributed by atoms with Gasteiger partial charge in [0, 0.05) is 18.9 Å². The van der Waals surface area contributed by atoms with Gasteiger partial charge in [0.2, 0.25) is 0 Å². The summed E-state index contributed by atoms with van der Waals surface area (Å²) in [5.41, 5.74) is 0.208. The molecule has 1 aliphatic heterocycles. The first kappa shape index (κ1) is 24.8. The SMILES string of the molecule is C=C[C@]1(COCc2ccccc2)O[C@@H](n2cc(C)c(=O)[nH]c2=O)C(OC)C1OCc1ccccc1. The summed E-state index contributed by atoms with van der Waals surface area (Å²) in [6, 6.07) is 19.5. The monoisotopic (exact) mass is 478 g/mol. The van der Waals surface area contributed by atoms with Crippen LogP contribution in [0.1, 0.15) is 22.9 Å². The maximum absolute atomic E-state index is 12.7. The van der Waals surface area contributed by atoms with Crippen molar-refractivity contribution in [3.8, 4) is 0 Å². The molecule has 2 aromatic carbocycles. The van der Waals surface area contributed by atoms with Gasteiger partial charge in [0.05, 0.1) is 19.8 Å². The molecule has 35 heavy (non-hydrogen) atoms. The summed E-state index contributed by atoms with van der Waals surface area (Å²) in [7, 11) is 1.54. The van der Waals surface area contributed by atoms with E-state index in [1.54, 1.807) is 13.0 Å². The van der Waals surface area contributed by atoms with E-state index >= 15 is 0 Å². The van der Waals surface area contributed by atoms with E-state index in [4.69, 9.17) is 18.9 Å². The molecule has 1 aromatic heterocycles. The molecule has 0 aliphatic carbocycles. The number of aromatic nitrogens is 2. The second-order valence-corrected chi connectivity index (χ2v) is 8.54. The van der Waals surface area contributed by atoms with Crippen LogP contribution in [0.15, 0.2) is 89.1 Å². The van der Waals surface area contributed by atoms with Gasteiger partial charge in [-0.2, -0.15) is 0 Å². The summed E-state index contributed by atoms with van der Waals surface area (Å²) in [4.78, 5) is 27.0. The minimum absolute atomic E-state index is 0.123. The van der Waals surface area contributed by atoms with Crippen molar-refractivity contribution in [2.24, 2.45) is 0 Å². The lowest BCUT2D eigenvalue weighted by Gasteiger charge is -2.32. The molecule has 2 heterocycles. The number of hydrogen-bond acceptors (Lipinski definition) is 6. The minimum Gasteiger partial charge on any atom is -0.374 e. The van der Waals surface area contributed by atoms with Crippen molar-refractivity contribution in [2.45, 2.75) is 44.2 Å². The van der Waals surface area contributed by atoms with Gasteiger partial charge in [-0.1, -0.05) is 66.7 Å². The second kappa shape index (κ2) is 11.0. The molecule has 8 heteroatoms. The topological polar surface area (TPSA) is 91.8 Å². The van der Waals surface area contributed by atoms with Gasteiger partial charge in [-0.25, -0.2) is 4.79 Å². The number of rotatable bonds is 10. The summed E-state index contributed by atoms with van der Waals surface area (Å²) in [6.45, 7) is 6.43. The summed E-state index contributed by atoms with van der Waals surface area (Å²) in [5.74, 6) is 0. The minimum atomic E-state index is -1.11. The number of nitrogens with zero attached hydrogens (tertiary/aromatic N) is 1. The van der Waals surface area contributed by atoms with Crippen molar-refractivity contribution in [2.75, 3.05) is 13.7 Å². The van der Waals surface area contributed by atoms with E-state index in [9.17, 15) is 9.59 Å². The van der Waals surface area contributed by atoms with Crippen LogP contribution < -0.4 is 11.2 Å². The van der Waals surface area contributed by atoms with Gasteiger partial charge in [0.15, 0.2) is 6.23 Å². The van der Waals surface area contributed by atoms with Gasteiger partial charge >= 0.3 is 5.69 Å². The highest BCUT2D eigenvalue weighted by Crippen LogP contribution is 2.41. The molecule has 2 unspecified atom stereocenters. The third-order valence-electron chi connectivity index (χ3n) is 6.15. The normalized spacial score (nSPS) is 23.9. The fourth-order valence-corrected chi connectivity index (χ4v) is 4.25. The molecule has 1 saturated heterocycles. The van der Waals surface area contributed by atoms with Crippen molar-refractivity contribution in [3.05, 3.63) is 117 Å². The number of methoxy groups -OCH3 is 1. The largest absolute Gasteiger partial charge is 0.374 e. The van der Waals surface area contributed by atoms with Gasteiger partial charge in [-0.3, -0.25) is 14.3 Å². The summed E-state index contributed by atoms with van der Waals surface area (Å²) < 4.78 is 26.0. The quantitative estimate of drug-likeness (QED) is 0.450. The Bertz CT molecular complexity index is 1240. The maximum atomic E-state index is 12.7. The average Bonchev–Trinajstić information content (AvgIpc) is 3.19. The van der Waals surface area contributed by atoms with Gasteiger partial charge in [0.25, 0.3) is 5.56 Å². The maximum Gasteiger partial charge on any atom is 0.330 e. The summed E-state index contributed by atoms with van der Waals surface area (Å²) >= 11 is 0. The fraction of sp³-hybridized carbons (Fsp3) is 0.333. The highest BCUT2D eigenvalue weighted by Gasteiger charge is 2.56. The Morgan fingerprint density at radius 1 is 1.06 bits per heavy atom.